The van der Waals surface area contributed by atoms with E-state index in [2.05, 4.69) is 15.1 Å². The van der Waals surface area contributed by atoms with Gasteiger partial charge in [0.05, 0.1) is 0 Å². The van der Waals surface area contributed by atoms with Crippen LogP contribution in [-0.2, 0) is 0 Å². The maximum absolute atomic E-state index is 13.0. The smallest absolute Gasteiger partial charge is 0.258 e. The molecule has 6 nitrogen and oxygen atoms in total. The van der Waals surface area contributed by atoms with Crippen molar-refractivity contribution in [2.45, 2.75) is 0 Å². The van der Waals surface area contributed by atoms with Crippen LogP contribution in [0.4, 0.5) is 5.69 Å². The van der Waals surface area contributed by atoms with Crippen LogP contribution in [0.2, 0.25) is 0 Å². The molecule has 0 unspecified atom stereocenters. The fourth-order valence-corrected chi connectivity index (χ4v) is 2.52. The maximum atomic E-state index is 13.0. The van der Waals surface area contributed by atoms with Crippen molar-refractivity contribution in [3.63, 3.8) is 0 Å². The summed E-state index contributed by atoms with van der Waals surface area (Å²) in [5.41, 5.74) is 2.47. The second kappa shape index (κ2) is 7.72. The van der Waals surface area contributed by atoms with E-state index in [4.69, 9.17) is 0 Å². The summed E-state index contributed by atoms with van der Waals surface area (Å²) in [6, 6.07) is 17.2. The number of anilines is 1. The third-order valence-corrected chi connectivity index (χ3v) is 3.91. The summed E-state index contributed by atoms with van der Waals surface area (Å²) in [6.45, 7) is 1.42. The second-order valence-electron chi connectivity index (χ2n) is 6.01. The molecule has 3 rings (SSSR count). The van der Waals surface area contributed by atoms with Gasteiger partial charge in [0, 0.05) is 30.0 Å². The fourth-order valence-electron chi connectivity index (χ4n) is 2.52. The summed E-state index contributed by atoms with van der Waals surface area (Å²) in [5, 5.41) is 7.60. The average molecular weight is 335 g/mol. The topological polar surface area (TPSA) is 54.3 Å². The van der Waals surface area contributed by atoms with Gasteiger partial charge in [0.25, 0.3) is 5.91 Å². The molecule has 1 aromatic heterocycles. The first-order valence-electron chi connectivity index (χ1n) is 8.12. The first-order chi connectivity index (χ1) is 12.1. The fraction of sp³-hybridized carbons (Fsp3) is 0.211. The molecule has 2 aromatic carbocycles. The Hall–Kier alpha value is -2.99. The van der Waals surface area contributed by atoms with Crippen LogP contribution in [0.1, 0.15) is 10.4 Å². The minimum absolute atomic E-state index is 0.0108. The largest absolute Gasteiger partial charge is 0.308 e. The van der Waals surface area contributed by atoms with Gasteiger partial charge in [-0.3, -0.25) is 9.36 Å². The molecule has 0 aliphatic rings. The van der Waals surface area contributed by atoms with E-state index in [1.54, 1.807) is 17.2 Å². The number of rotatable bonds is 6. The van der Waals surface area contributed by atoms with Gasteiger partial charge in [0.2, 0.25) is 0 Å². The summed E-state index contributed by atoms with van der Waals surface area (Å²) in [5.74, 6) is -0.0108. The van der Waals surface area contributed by atoms with Crippen molar-refractivity contribution >= 4 is 11.6 Å². The number of hydrogen-bond acceptors (Lipinski definition) is 4. The van der Waals surface area contributed by atoms with E-state index < -0.39 is 0 Å². The summed E-state index contributed by atoms with van der Waals surface area (Å²) in [6.07, 6.45) is 3.26. The highest BCUT2D eigenvalue weighted by Crippen LogP contribution is 2.18. The molecule has 1 heterocycles. The third-order valence-electron chi connectivity index (χ3n) is 3.91. The highest BCUT2D eigenvalue weighted by molar-refractivity contribution is 6.06. The number of aromatic nitrogens is 3. The van der Waals surface area contributed by atoms with Gasteiger partial charge < -0.3 is 9.80 Å². The second-order valence-corrected chi connectivity index (χ2v) is 6.01. The number of hydrogen-bond donors (Lipinski definition) is 0. The van der Waals surface area contributed by atoms with Crippen molar-refractivity contribution in [3.05, 3.63) is 72.8 Å². The molecule has 1 amide bonds. The monoisotopic (exact) mass is 335 g/mol. The molecular formula is C19H21N5O. The molecule has 25 heavy (non-hydrogen) atoms. The molecule has 0 bridgehead atoms. The van der Waals surface area contributed by atoms with Crippen LogP contribution in [0.3, 0.4) is 0 Å². The van der Waals surface area contributed by atoms with Crippen LogP contribution in [-0.4, -0.2) is 52.8 Å². The molecule has 0 aliphatic heterocycles. The molecule has 6 heteroatoms. The van der Waals surface area contributed by atoms with Crippen molar-refractivity contribution in [3.8, 4) is 5.69 Å². The SMILES string of the molecule is CN(C)CCN(C(=O)c1ccc(-n2cnnc2)cc1)c1ccccc1. The molecular weight excluding hydrogens is 314 g/mol. The molecule has 3 aromatic rings. The average Bonchev–Trinajstić information content (AvgIpc) is 3.17. The Morgan fingerprint density at radius 3 is 2.16 bits per heavy atom. The molecule has 0 aliphatic carbocycles. The normalized spacial score (nSPS) is 10.8. The van der Waals surface area contributed by atoms with Crippen LogP contribution in [0.15, 0.2) is 67.3 Å². The number of benzene rings is 2. The van der Waals surface area contributed by atoms with Gasteiger partial charge in [-0.05, 0) is 50.5 Å². The zero-order valence-electron chi connectivity index (χ0n) is 14.4. The van der Waals surface area contributed by atoms with Crippen LogP contribution < -0.4 is 4.90 Å². The van der Waals surface area contributed by atoms with E-state index in [9.17, 15) is 4.79 Å². The van der Waals surface area contributed by atoms with Gasteiger partial charge in [0.15, 0.2) is 0 Å². The highest BCUT2D eigenvalue weighted by atomic mass is 16.2. The molecule has 0 N–H and O–H groups in total. The van der Waals surface area contributed by atoms with Crippen molar-refractivity contribution in [1.82, 2.24) is 19.7 Å². The lowest BCUT2D eigenvalue weighted by Crippen LogP contribution is -2.36. The molecule has 0 radical (unpaired) electrons. The minimum Gasteiger partial charge on any atom is -0.308 e. The number of para-hydroxylation sites is 1. The molecule has 128 valence electrons. The van der Waals surface area contributed by atoms with E-state index in [-0.39, 0.29) is 5.91 Å². The Morgan fingerprint density at radius 1 is 0.920 bits per heavy atom. The first-order valence-corrected chi connectivity index (χ1v) is 8.12. The first kappa shape index (κ1) is 16.9. The summed E-state index contributed by atoms with van der Waals surface area (Å²) in [7, 11) is 4.00. The van der Waals surface area contributed by atoms with E-state index in [0.717, 1.165) is 17.9 Å². The van der Waals surface area contributed by atoms with Crippen LogP contribution in [0, 0.1) is 0 Å². The van der Waals surface area contributed by atoms with Crippen molar-refractivity contribution < 1.29 is 4.79 Å². The van der Waals surface area contributed by atoms with Gasteiger partial charge >= 0.3 is 0 Å². The number of carbonyl (C=O) groups is 1. The standard InChI is InChI=1S/C19H21N5O/c1-22(2)12-13-24(18-6-4-3-5-7-18)19(25)16-8-10-17(11-9-16)23-14-20-21-15-23/h3-11,14-15H,12-13H2,1-2H3. The Morgan fingerprint density at radius 2 is 1.56 bits per heavy atom. The lowest BCUT2D eigenvalue weighted by Gasteiger charge is -2.24. The van der Waals surface area contributed by atoms with Crippen molar-refractivity contribution in [2.24, 2.45) is 0 Å². The third kappa shape index (κ3) is 4.10. The predicted octanol–water partition coefficient (Wildman–Crippen LogP) is 2.48. The Bertz CT molecular complexity index is 798. The lowest BCUT2D eigenvalue weighted by atomic mass is 10.1. The Kier molecular flexibility index (Phi) is 5.20. The van der Waals surface area contributed by atoms with E-state index in [1.807, 2.05) is 73.6 Å². The van der Waals surface area contributed by atoms with Crippen LogP contribution in [0.5, 0.6) is 0 Å². The molecule has 0 spiro atoms. The van der Waals surface area contributed by atoms with Gasteiger partial charge in [-0.2, -0.15) is 0 Å². The highest BCUT2D eigenvalue weighted by Gasteiger charge is 2.17. The number of likely N-dealkylation sites (N-methyl/N-ethyl adjacent to an activating group) is 1. The van der Waals surface area contributed by atoms with Crippen molar-refractivity contribution in [1.29, 1.82) is 0 Å². The molecule has 0 atom stereocenters. The van der Waals surface area contributed by atoms with Crippen LogP contribution in [0.25, 0.3) is 5.69 Å². The van der Waals surface area contributed by atoms with E-state index >= 15 is 0 Å². The maximum Gasteiger partial charge on any atom is 0.258 e. The molecule has 0 fully saturated rings. The zero-order valence-corrected chi connectivity index (χ0v) is 14.4. The van der Waals surface area contributed by atoms with Crippen LogP contribution >= 0.6 is 0 Å². The lowest BCUT2D eigenvalue weighted by molar-refractivity contribution is 0.0985. The predicted molar refractivity (Wildman–Crippen MR) is 98.0 cm³/mol. The summed E-state index contributed by atoms with van der Waals surface area (Å²) >= 11 is 0. The Labute approximate surface area is 147 Å². The Balaban J connectivity index is 1.84. The minimum atomic E-state index is -0.0108. The number of nitrogens with zero attached hydrogens (tertiary/aromatic N) is 5. The van der Waals surface area contributed by atoms with Gasteiger partial charge in [0.1, 0.15) is 12.7 Å². The number of carbonyl (C=O) groups excluding carboxylic acids is 1. The van der Waals surface area contributed by atoms with Crippen molar-refractivity contribution in [2.75, 3.05) is 32.1 Å². The molecule has 0 saturated heterocycles. The molecule has 0 saturated carbocycles. The summed E-state index contributed by atoms with van der Waals surface area (Å²) < 4.78 is 1.80. The zero-order chi connectivity index (χ0) is 17.6. The van der Waals surface area contributed by atoms with E-state index in [0.29, 0.717) is 12.1 Å². The van der Waals surface area contributed by atoms with Gasteiger partial charge in [-0.25, -0.2) is 0 Å². The quantitative estimate of drug-likeness (QED) is 0.694. The number of amides is 1. The van der Waals surface area contributed by atoms with Gasteiger partial charge in [-0.1, -0.05) is 18.2 Å². The summed E-state index contributed by atoms with van der Waals surface area (Å²) in [4.78, 5) is 16.9. The van der Waals surface area contributed by atoms with E-state index in [1.165, 1.54) is 0 Å². The van der Waals surface area contributed by atoms with Gasteiger partial charge in [-0.15, -0.1) is 10.2 Å².